The lowest BCUT2D eigenvalue weighted by Crippen LogP contribution is -2.49. The molecule has 25 heavy (non-hydrogen) atoms. The fourth-order valence-electron chi connectivity index (χ4n) is 2.87. The van der Waals surface area contributed by atoms with Crippen LogP contribution in [-0.4, -0.2) is 48.4 Å². The second-order valence-electron chi connectivity index (χ2n) is 6.12. The number of piperazine rings is 1. The minimum absolute atomic E-state index is 0.0831. The molecular weight excluding hydrogens is 377 g/mol. The molecule has 1 aromatic carbocycles. The summed E-state index contributed by atoms with van der Waals surface area (Å²) in [5.74, 6) is 0.0831. The smallest absolute Gasteiger partial charge is 0.234 e. The van der Waals surface area contributed by atoms with Crippen LogP contribution in [0.25, 0.3) is 0 Å². The van der Waals surface area contributed by atoms with Crippen molar-refractivity contribution in [2.45, 2.75) is 13.1 Å². The number of thiophene rings is 1. The summed E-state index contributed by atoms with van der Waals surface area (Å²) >= 11 is 14.0. The summed E-state index contributed by atoms with van der Waals surface area (Å²) in [5, 5.41) is 6.24. The van der Waals surface area contributed by atoms with Crippen LogP contribution in [0.5, 0.6) is 0 Å². The molecule has 0 atom stereocenters. The Morgan fingerprint density at radius 1 is 1.08 bits per heavy atom. The van der Waals surface area contributed by atoms with E-state index in [1.54, 1.807) is 17.4 Å². The van der Waals surface area contributed by atoms with E-state index in [0.717, 1.165) is 38.3 Å². The highest BCUT2D eigenvalue weighted by molar-refractivity contribution is 7.09. The van der Waals surface area contributed by atoms with Gasteiger partial charge in [-0.3, -0.25) is 14.6 Å². The van der Waals surface area contributed by atoms with Crippen LogP contribution in [0, 0.1) is 0 Å². The molecule has 0 spiro atoms. The Kier molecular flexibility index (Phi) is 6.73. The van der Waals surface area contributed by atoms with Gasteiger partial charge in [0.2, 0.25) is 5.91 Å². The zero-order valence-corrected chi connectivity index (χ0v) is 16.2. The minimum Gasteiger partial charge on any atom is -0.350 e. The van der Waals surface area contributed by atoms with Gasteiger partial charge in [0.05, 0.1) is 23.1 Å². The Hall–Kier alpha value is -1.11. The van der Waals surface area contributed by atoms with E-state index in [4.69, 9.17) is 23.2 Å². The summed E-state index contributed by atoms with van der Waals surface area (Å²) in [6.07, 6.45) is 0. The molecule has 4 nitrogen and oxygen atoms in total. The van der Waals surface area contributed by atoms with Gasteiger partial charge in [-0.15, -0.1) is 11.3 Å². The maximum absolute atomic E-state index is 12.1. The number of halogens is 2. The van der Waals surface area contributed by atoms with Gasteiger partial charge in [-0.25, -0.2) is 0 Å². The quantitative estimate of drug-likeness (QED) is 0.809. The monoisotopic (exact) mass is 397 g/mol. The van der Waals surface area contributed by atoms with Crippen molar-refractivity contribution in [3.05, 3.63) is 56.2 Å². The van der Waals surface area contributed by atoms with Gasteiger partial charge in [0.25, 0.3) is 0 Å². The highest BCUT2D eigenvalue weighted by atomic mass is 35.5. The number of carbonyl (C=O) groups is 1. The molecule has 1 aliphatic heterocycles. The molecule has 2 heterocycles. The average molecular weight is 398 g/mol. The molecule has 1 aliphatic rings. The lowest BCUT2D eigenvalue weighted by molar-refractivity contribution is -0.122. The number of benzene rings is 1. The van der Waals surface area contributed by atoms with Gasteiger partial charge >= 0.3 is 0 Å². The molecule has 0 aliphatic carbocycles. The number of carbonyl (C=O) groups excluding carboxylic acids is 1. The van der Waals surface area contributed by atoms with Crippen molar-refractivity contribution in [2.75, 3.05) is 32.7 Å². The molecule has 1 saturated heterocycles. The number of hydrogen-bond donors (Lipinski definition) is 1. The lowest BCUT2D eigenvalue weighted by Gasteiger charge is -2.34. The maximum atomic E-state index is 12.1. The Morgan fingerprint density at radius 2 is 1.84 bits per heavy atom. The molecule has 0 radical (unpaired) electrons. The molecule has 0 bridgehead atoms. The zero-order valence-electron chi connectivity index (χ0n) is 13.9. The van der Waals surface area contributed by atoms with Crippen molar-refractivity contribution in [2.24, 2.45) is 0 Å². The number of nitrogens with one attached hydrogen (secondary N) is 1. The second-order valence-corrected chi connectivity index (χ2v) is 7.94. The third-order valence-electron chi connectivity index (χ3n) is 4.30. The first-order valence-corrected chi connectivity index (χ1v) is 9.92. The minimum atomic E-state index is 0.0831. The van der Waals surface area contributed by atoms with E-state index in [9.17, 15) is 4.79 Å². The summed E-state index contributed by atoms with van der Waals surface area (Å²) in [6.45, 7) is 5.45. The van der Waals surface area contributed by atoms with Crippen LogP contribution in [0.3, 0.4) is 0 Å². The van der Waals surface area contributed by atoms with Crippen molar-refractivity contribution in [1.82, 2.24) is 15.1 Å². The van der Waals surface area contributed by atoms with E-state index in [-0.39, 0.29) is 5.91 Å². The van der Waals surface area contributed by atoms with Crippen LogP contribution in [0.2, 0.25) is 10.0 Å². The van der Waals surface area contributed by atoms with E-state index in [1.807, 2.05) is 29.6 Å². The van der Waals surface area contributed by atoms with Gasteiger partial charge < -0.3 is 5.32 Å². The Balaban J connectivity index is 1.41. The molecular formula is C18H21Cl2N3OS. The predicted octanol–water partition coefficient (Wildman–Crippen LogP) is 3.49. The molecule has 2 aromatic rings. The summed E-state index contributed by atoms with van der Waals surface area (Å²) in [7, 11) is 0. The first kappa shape index (κ1) is 18.7. The van der Waals surface area contributed by atoms with Gasteiger partial charge in [-0.05, 0) is 23.1 Å². The highest BCUT2D eigenvalue weighted by Crippen LogP contribution is 2.26. The van der Waals surface area contributed by atoms with Gasteiger partial charge in [0, 0.05) is 37.6 Å². The van der Waals surface area contributed by atoms with Gasteiger partial charge in [0.15, 0.2) is 0 Å². The largest absolute Gasteiger partial charge is 0.350 e. The molecule has 0 saturated carbocycles. The Labute approximate surface area is 162 Å². The molecule has 7 heteroatoms. The fraction of sp³-hybridized carbons (Fsp3) is 0.389. The highest BCUT2D eigenvalue weighted by Gasteiger charge is 2.20. The van der Waals surface area contributed by atoms with Crippen LogP contribution >= 0.6 is 34.5 Å². The van der Waals surface area contributed by atoms with E-state index in [2.05, 4.69) is 15.1 Å². The van der Waals surface area contributed by atoms with Gasteiger partial charge in [-0.2, -0.15) is 0 Å². The van der Waals surface area contributed by atoms with Gasteiger partial charge in [0.1, 0.15) is 0 Å². The average Bonchev–Trinajstić information content (AvgIpc) is 3.12. The summed E-state index contributed by atoms with van der Waals surface area (Å²) < 4.78 is 0. The van der Waals surface area contributed by atoms with Crippen LogP contribution in [0.15, 0.2) is 35.7 Å². The van der Waals surface area contributed by atoms with Crippen molar-refractivity contribution in [3.63, 3.8) is 0 Å². The number of hydrogen-bond acceptors (Lipinski definition) is 4. The van der Waals surface area contributed by atoms with Crippen molar-refractivity contribution < 1.29 is 4.79 Å². The van der Waals surface area contributed by atoms with E-state index in [1.165, 1.54) is 4.88 Å². The van der Waals surface area contributed by atoms with E-state index < -0.39 is 0 Å². The van der Waals surface area contributed by atoms with E-state index in [0.29, 0.717) is 23.1 Å². The molecule has 1 amide bonds. The summed E-state index contributed by atoms with van der Waals surface area (Å²) in [6, 6.07) is 9.78. The molecule has 3 rings (SSSR count). The number of rotatable bonds is 6. The normalized spacial score (nSPS) is 16.1. The van der Waals surface area contributed by atoms with Crippen LogP contribution in [-0.2, 0) is 17.9 Å². The van der Waals surface area contributed by atoms with Crippen molar-refractivity contribution in [3.8, 4) is 0 Å². The Bertz CT molecular complexity index is 700. The predicted molar refractivity (Wildman–Crippen MR) is 104 cm³/mol. The van der Waals surface area contributed by atoms with Crippen LogP contribution in [0.1, 0.15) is 10.4 Å². The molecule has 1 fully saturated rings. The van der Waals surface area contributed by atoms with Crippen LogP contribution < -0.4 is 5.32 Å². The van der Waals surface area contributed by atoms with Gasteiger partial charge in [-0.1, -0.05) is 41.4 Å². The lowest BCUT2D eigenvalue weighted by atomic mass is 10.2. The van der Waals surface area contributed by atoms with Crippen molar-refractivity contribution in [1.29, 1.82) is 0 Å². The SMILES string of the molecule is O=C(CN1CCN(Cc2cccc(Cl)c2Cl)CC1)NCc1cccs1. The number of nitrogens with zero attached hydrogens (tertiary/aromatic N) is 2. The van der Waals surface area contributed by atoms with E-state index >= 15 is 0 Å². The maximum Gasteiger partial charge on any atom is 0.234 e. The van der Waals surface area contributed by atoms with Crippen LogP contribution in [0.4, 0.5) is 0 Å². The third-order valence-corrected chi connectivity index (χ3v) is 6.03. The molecule has 0 unspecified atom stereocenters. The summed E-state index contributed by atoms with van der Waals surface area (Å²) in [5.41, 5.74) is 1.05. The number of amides is 1. The topological polar surface area (TPSA) is 35.6 Å². The molecule has 134 valence electrons. The van der Waals surface area contributed by atoms with Crippen molar-refractivity contribution >= 4 is 40.4 Å². The molecule has 1 N–H and O–H groups in total. The fourth-order valence-corrected chi connectivity index (χ4v) is 3.90. The first-order valence-electron chi connectivity index (χ1n) is 8.28. The Morgan fingerprint density at radius 3 is 2.56 bits per heavy atom. The molecule has 1 aromatic heterocycles. The second kappa shape index (κ2) is 9.01. The third kappa shape index (κ3) is 5.43. The summed E-state index contributed by atoms with van der Waals surface area (Å²) in [4.78, 5) is 17.8. The first-order chi connectivity index (χ1) is 12.1. The standard InChI is InChI=1S/C18H21Cl2N3OS/c19-16-5-1-3-14(18(16)20)12-22-6-8-23(9-7-22)13-17(24)21-11-15-4-2-10-25-15/h1-5,10H,6-9,11-13H2,(H,21,24). The zero-order chi connectivity index (χ0) is 17.6.